The van der Waals surface area contributed by atoms with Gasteiger partial charge in [0.25, 0.3) is 0 Å². The summed E-state index contributed by atoms with van der Waals surface area (Å²) in [5.41, 5.74) is 0.638. The highest BCUT2D eigenvalue weighted by Gasteiger charge is 1.90. The molecule has 0 atom stereocenters. The molecule has 1 aromatic carbocycles. The summed E-state index contributed by atoms with van der Waals surface area (Å²) in [6.45, 7) is 10.5. The lowest BCUT2D eigenvalue weighted by atomic mass is 10.2. The number of carbonyl (C=O) groups excluding carboxylic acids is 1. The molecule has 0 saturated heterocycles. The molecule has 0 bridgehead atoms. The second-order valence-electron chi connectivity index (χ2n) is 3.63. The zero-order chi connectivity index (χ0) is 13.0. The highest BCUT2D eigenvalue weighted by atomic mass is 16.5. The van der Waals surface area contributed by atoms with Gasteiger partial charge in [-0.3, -0.25) is 4.79 Å². The number of aldehydes is 1. The average Bonchev–Trinajstić information content (AvgIpc) is 2.31. The van der Waals surface area contributed by atoms with Gasteiger partial charge >= 0.3 is 0 Å². The van der Waals surface area contributed by atoms with Crippen LogP contribution < -0.4 is 4.74 Å². The lowest BCUT2D eigenvalue weighted by Gasteiger charge is -1.97. The van der Waals surface area contributed by atoms with Gasteiger partial charge in [-0.05, 0) is 18.1 Å². The fourth-order valence-electron chi connectivity index (χ4n) is 0.715. The van der Waals surface area contributed by atoms with E-state index >= 15 is 0 Å². The molecule has 0 amide bonds. The lowest BCUT2D eigenvalue weighted by Crippen LogP contribution is -1.84. The van der Waals surface area contributed by atoms with Crippen molar-refractivity contribution in [3.8, 4) is 5.75 Å². The Hall–Kier alpha value is -1.31. The summed E-state index contributed by atoms with van der Waals surface area (Å²) in [5.74, 6) is 1.55. The first-order valence-corrected chi connectivity index (χ1v) is 5.69. The van der Waals surface area contributed by atoms with Gasteiger partial charge in [0.05, 0.1) is 7.11 Å². The summed E-state index contributed by atoms with van der Waals surface area (Å²) in [5, 5.41) is 0. The van der Waals surface area contributed by atoms with E-state index in [0.717, 1.165) is 12.2 Å². The number of rotatable bonds is 2. The maximum Gasteiger partial charge on any atom is 0.150 e. The van der Waals surface area contributed by atoms with Gasteiger partial charge in [0.2, 0.25) is 0 Å². The van der Waals surface area contributed by atoms with Crippen LogP contribution in [-0.2, 0) is 0 Å². The average molecular weight is 224 g/mol. The Labute approximate surface area is 99.6 Å². The summed E-state index contributed by atoms with van der Waals surface area (Å²) in [7, 11) is 1.57. The van der Waals surface area contributed by atoms with E-state index in [4.69, 9.17) is 4.74 Å². The number of carbonyl (C=O) groups is 1. The molecule has 16 heavy (non-hydrogen) atoms. The Morgan fingerprint density at radius 1 is 1.19 bits per heavy atom. The molecule has 0 aliphatic carbocycles. The van der Waals surface area contributed by atoms with Gasteiger partial charge in [-0.2, -0.15) is 0 Å². The highest BCUT2D eigenvalue weighted by molar-refractivity contribution is 5.75. The molecule has 2 nitrogen and oxygen atoms in total. The minimum Gasteiger partial charge on any atom is -0.497 e. The molecule has 0 aromatic heterocycles. The molecule has 0 aliphatic rings. The van der Waals surface area contributed by atoms with Gasteiger partial charge in [-0.15, -0.1) is 0 Å². The first-order valence-electron chi connectivity index (χ1n) is 5.69. The molecule has 92 valence electrons. The summed E-state index contributed by atoms with van der Waals surface area (Å²) in [4.78, 5) is 10.2. The van der Waals surface area contributed by atoms with E-state index in [-0.39, 0.29) is 0 Å². The minimum absolute atomic E-state index is 0.638. The van der Waals surface area contributed by atoms with Crippen molar-refractivity contribution in [3.63, 3.8) is 0 Å². The number of methoxy groups -OCH3 is 1. The fraction of sp³-hybridized carbons (Fsp3) is 0.500. The van der Waals surface area contributed by atoms with E-state index in [1.807, 2.05) is 13.8 Å². The van der Waals surface area contributed by atoms with Crippen LogP contribution in [0.4, 0.5) is 0 Å². The Balaban J connectivity index is 0. The van der Waals surface area contributed by atoms with Crippen molar-refractivity contribution in [2.75, 3.05) is 7.11 Å². The van der Waals surface area contributed by atoms with Crippen molar-refractivity contribution < 1.29 is 9.53 Å². The molecular formula is C14H24O2. The zero-order valence-corrected chi connectivity index (χ0v) is 11.3. The quantitative estimate of drug-likeness (QED) is 0.704. The van der Waals surface area contributed by atoms with E-state index in [0.29, 0.717) is 11.3 Å². The van der Waals surface area contributed by atoms with E-state index in [9.17, 15) is 4.79 Å². The molecule has 0 saturated carbocycles. The third-order valence-corrected chi connectivity index (χ3v) is 1.23. The van der Waals surface area contributed by atoms with Crippen LogP contribution in [0.3, 0.4) is 0 Å². The van der Waals surface area contributed by atoms with Crippen LogP contribution in [0.1, 0.15) is 45.0 Å². The standard InChI is InChI=1S/C8H8O2.C4H10.C2H6/c1-10-8-4-2-3-7(5-8)6-9;1-4(2)3;1-2/h2-6H,1H3;4H,1-3H3;1-2H3. The van der Waals surface area contributed by atoms with Crippen LogP contribution in [-0.4, -0.2) is 13.4 Å². The largest absolute Gasteiger partial charge is 0.497 e. The van der Waals surface area contributed by atoms with Gasteiger partial charge in [-0.25, -0.2) is 0 Å². The van der Waals surface area contributed by atoms with Crippen LogP contribution in [0.25, 0.3) is 0 Å². The Morgan fingerprint density at radius 2 is 1.69 bits per heavy atom. The molecule has 0 fully saturated rings. The summed E-state index contributed by atoms with van der Waals surface area (Å²) in [6, 6.07) is 7.00. The van der Waals surface area contributed by atoms with Crippen molar-refractivity contribution in [1.29, 1.82) is 0 Å². The topological polar surface area (TPSA) is 26.3 Å². The molecule has 2 heteroatoms. The van der Waals surface area contributed by atoms with Gasteiger partial charge in [0, 0.05) is 5.56 Å². The third kappa shape index (κ3) is 10.8. The van der Waals surface area contributed by atoms with Crippen LogP contribution in [0.5, 0.6) is 5.75 Å². The van der Waals surface area contributed by atoms with Crippen molar-refractivity contribution >= 4 is 6.29 Å². The Bertz CT molecular complexity index is 264. The first kappa shape index (κ1) is 17.1. The van der Waals surface area contributed by atoms with Crippen molar-refractivity contribution in [1.82, 2.24) is 0 Å². The normalized spacial score (nSPS) is 8.19. The maximum absolute atomic E-state index is 10.2. The molecule has 0 N–H and O–H groups in total. The number of hydrogen-bond acceptors (Lipinski definition) is 2. The monoisotopic (exact) mass is 224 g/mol. The van der Waals surface area contributed by atoms with E-state index in [1.165, 1.54) is 0 Å². The second kappa shape index (κ2) is 11.8. The summed E-state index contributed by atoms with van der Waals surface area (Å²) < 4.78 is 4.90. The predicted molar refractivity (Wildman–Crippen MR) is 70.2 cm³/mol. The highest BCUT2D eigenvalue weighted by Crippen LogP contribution is 2.10. The Morgan fingerprint density at radius 3 is 2.06 bits per heavy atom. The SMILES string of the molecule is CC.CC(C)C.COc1cccc(C=O)c1. The van der Waals surface area contributed by atoms with Crippen LogP contribution in [0.15, 0.2) is 24.3 Å². The van der Waals surface area contributed by atoms with Crippen LogP contribution in [0.2, 0.25) is 0 Å². The second-order valence-corrected chi connectivity index (χ2v) is 3.63. The van der Waals surface area contributed by atoms with Gasteiger partial charge < -0.3 is 4.74 Å². The van der Waals surface area contributed by atoms with E-state index < -0.39 is 0 Å². The summed E-state index contributed by atoms with van der Waals surface area (Å²) in [6.07, 6.45) is 0.794. The molecule has 0 radical (unpaired) electrons. The fourth-order valence-corrected chi connectivity index (χ4v) is 0.715. The van der Waals surface area contributed by atoms with E-state index in [1.54, 1.807) is 31.4 Å². The zero-order valence-electron chi connectivity index (χ0n) is 11.3. The molecule has 0 aliphatic heterocycles. The molecular weight excluding hydrogens is 200 g/mol. The number of benzene rings is 1. The van der Waals surface area contributed by atoms with Crippen molar-refractivity contribution in [2.24, 2.45) is 5.92 Å². The van der Waals surface area contributed by atoms with Gasteiger partial charge in [0.15, 0.2) is 0 Å². The smallest absolute Gasteiger partial charge is 0.150 e. The molecule has 0 unspecified atom stereocenters. The maximum atomic E-state index is 10.2. The third-order valence-electron chi connectivity index (χ3n) is 1.23. The van der Waals surface area contributed by atoms with Gasteiger partial charge in [-0.1, -0.05) is 46.8 Å². The molecule has 1 rings (SSSR count). The van der Waals surface area contributed by atoms with Gasteiger partial charge in [0.1, 0.15) is 12.0 Å². The Kier molecular flexibility index (Phi) is 12.6. The molecule has 0 spiro atoms. The molecule has 0 heterocycles. The number of hydrogen-bond donors (Lipinski definition) is 0. The summed E-state index contributed by atoms with van der Waals surface area (Å²) >= 11 is 0. The van der Waals surface area contributed by atoms with Crippen molar-refractivity contribution in [2.45, 2.75) is 34.6 Å². The first-order chi connectivity index (χ1) is 7.60. The van der Waals surface area contributed by atoms with E-state index in [2.05, 4.69) is 20.8 Å². The minimum atomic E-state index is 0.638. The molecule has 1 aromatic rings. The van der Waals surface area contributed by atoms with Crippen LogP contribution in [0, 0.1) is 5.92 Å². The number of ether oxygens (including phenoxy) is 1. The predicted octanol–water partition coefficient (Wildman–Crippen LogP) is 4.20. The van der Waals surface area contributed by atoms with Crippen molar-refractivity contribution in [3.05, 3.63) is 29.8 Å². The lowest BCUT2D eigenvalue weighted by molar-refractivity contribution is 0.112. The van der Waals surface area contributed by atoms with Crippen LogP contribution >= 0.6 is 0 Å².